The lowest BCUT2D eigenvalue weighted by atomic mass is 10.2. The van der Waals surface area contributed by atoms with Crippen molar-refractivity contribution in [3.05, 3.63) is 36.4 Å². The molecular formula is C11H14FN5. The lowest BCUT2D eigenvalue weighted by Crippen LogP contribution is -2.09. The largest absolute Gasteiger partial charge is 0.395 e. The quantitative estimate of drug-likeness (QED) is 0.608. The molecule has 0 saturated heterocycles. The zero-order valence-electron chi connectivity index (χ0n) is 9.31. The molecule has 2 aromatic rings. The number of nitrogens with zero attached hydrogens (tertiary/aromatic N) is 3. The molecule has 90 valence electrons. The van der Waals surface area contributed by atoms with Gasteiger partial charge in [-0.3, -0.25) is 4.68 Å². The van der Waals surface area contributed by atoms with Gasteiger partial charge in [0.2, 0.25) is 0 Å². The maximum Gasteiger partial charge on any atom is 0.148 e. The Hall–Kier alpha value is -2.11. The maximum absolute atomic E-state index is 13.1. The topological polar surface area (TPSA) is 68.8 Å². The number of halogens is 1. The molecular weight excluding hydrogens is 221 g/mol. The predicted molar refractivity (Wildman–Crippen MR) is 63.9 cm³/mol. The summed E-state index contributed by atoms with van der Waals surface area (Å²) in [7, 11) is 0. The van der Waals surface area contributed by atoms with E-state index in [2.05, 4.69) is 15.6 Å². The minimum Gasteiger partial charge on any atom is -0.395 e. The van der Waals surface area contributed by atoms with E-state index in [1.54, 1.807) is 29.2 Å². The SMILES string of the molecule is Nc1c(F)cccc1NCCCn1ccnn1. The zero-order valence-corrected chi connectivity index (χ0v) is 9.31. The highest BCUT2D eigenvalue weighted by Crippen LogP contribution is 2.20. The van der Waals surface area contributed by atoms with Crippen LogP contribution in [-0.2, 0) is 6.54 Å². The number of aryl methyl sites for hydroxylation is 1. The third kappa shape index (κ3) is 2.93. The second-order valence-electron chi connectivity index (χ2n) is 3.65. The smallest absolute Gasteiger partial charge is 0.148 e. The van der Waals surface area contributed by atoms with Crippen molar-refractivity contribution >= 4 is 11.4 Å². The maximum atomic E-state index is 13.1. The van der Waals surface area contributed by atoms with Gasteiger partial charge in [0, 0.05) is 19.3 Å². The molecule has 5 nitrogen and oxygen atoms in total. The Morgan fingerprint density at radius 2 is 2.29 bits per heavy atom. The van der Waals surface area contributed by atoms with Gasteiger partial charge in [-0.05, 0) is 18.6 Å². The fraction of sp³-hybridized carbons (Fsp3) is 0.273. The minimum absolute atomic E-state index is 0.160. The van der Waals surface area contributed by atoms with Gasteiger partial charge in [-0.1, -0.05) is 11.3 Å². The summed E-state index contributed by atoms with van der Waals surface area (Å²) in [5, 5.41) is 10.6. The first-order valence-electron chi connectivity index (χ1n) is 5.39. The van der Waals surface area contributed by atoms with E-state index >= 15 is 0 Å². The molecule has 0 amide bonds. The van der Waals surface area contributed by atoms with Crippen molar-refractivity contribution in [3.63, 3.8) is 0 Å². The lowest BCUT2D eigenvalue weighted by molar-refractivity contribution is 0.569. The number of rotatable bonds is 5. The first-order chi connectivity index (χ1) is 8.27. The highest BCUT2D eigenvalue weighted by Gasteiger charge is 2.02. The van der Waals surface area contributed by atoms with Crippen LogP contribution in [0.3, 0.4) is 0 Å². The van der Waals surface area contributed by atoms with Gasteiger partial charge >= 0.3 is 0 Å². The second-order valence-corrected chi connectivity index (χ2v) is 3.65. The van der Waals surface area contributed by atoms with E-state index in [1.165, 1.54) is 6.07 Å². The Kier molecular flexibility index (Phi) is 3.54. The van der Waals surface area contributed by atoms with Gasteiger partial charge < -0.3 is 11.1 Å². The number of nitrogens with two attached hydrogens (primary N) is 1. The lowest BCUT2D eigenvalue weighted by Gasteiger charge is -2.09. The Balaban J connectivity index is 1.80. The molecule has 0 unspecified atom stereocenters. The van der Waals surface area contributed by atoms with Gasteiger partial charge in [0.1, 0.15) is 5.82 Å². The van der Waals surface area contributed by atoms with Crippen LogP contribution in [0.25, 0.3) is 0 Å². The van der Waals surface area contributed by atoms with Crippen LogP contribution in [0, 0.1) is 5.82 Å². The van der Waals surface area contributed by atoms with E-state index < -0.39 is 5.82 Å². The molecule has 1 aromatic carbocycles. The van der Waals surface area contributed by atoms with E-state index in [0.29, 0.717) is 12.2 Å². The molecule has 17 heavy (non-hydrogen) atoms. The second kappa shape index (κ2) is 5.29. The third-order valence-corrected chi connectivity index (χ3v) is 2.40. The summed E-state index contributed by atoms with van der Waals surface area (Å²) in [5.41, 5.74) is 6.38. The van der Waals surface area contributed by atoms with Crippen molar-refractivity contribution < 1.29 is 4.39 Å². The Bertz CT molecular complexity index is 469. The highest BCUT2D eigenvalue weighted by atomic mass is 19.1. The molecule has 0 aliphatic carbocycles. The van der Waals surface area contributed by atoms with Gasteiger partial charge in [-0.2, -0.15) is 0 Å². The normalized spacial score (nSPS) is 10.4. The molecule has 0 bridgehead atoms. The van der Waals surface area contributed by atoms with Crippen LogP contribution in [0.1, 0.15) is 6.42 Å². The zero-order chi connectivity index (χ0) is 12.1. The summed E-state index contributed by atoms with van der Waals surface area (Å²) in [6.45, 7) is 1.47. The van der Waals surface area contributed by atoms with Crippen LogP contribution in [0.2, 0.25) is 0 Å². The first kappa shape index (κ1) is 11.4. The van der Waals surface area contributed by atoms with Crippen LogP contribution in [0.4, 0.5) is 15.8 Å². The summed E-state index contributed by atoms with van der Waals surface area (Å²) in [4.78, 5) is 0. The first-order valence-corrected chi connectivity index (χ1v) is 5.39. The summed E-state index contributed by atoms with van der Waals surface area (Å²) in [6.07, 6.45) is 4.30. The molecule has 1 heterocycles. The number of hydrogen-bond acceptors (Lipinski definition) is 4. The van der Waals surface area contributed by atoms with Crippen LogP contribution in [0.5, 0.6) is 0 Å². The Labute approximate surface area is 98.4 Å². The number of nitrogen functional groups attached to an aromatic ring is 1. The molecule has 0 aliphatic heterocycles. The fourth-order valence-corrected chi connectivity index (χ4v) is 1.51. The molecule has 6 heteroatoms. The van der Waals surface area contributed by atoms with Gasteiger partial charge in [-0.15, -0.1) is 5.10 Å². The van der Waals surface area contributed by atoms with Crippen LogP contribution < -0.4 is 11.1 Å². The predicted octanol–water partition coefficient (Wildman–Crippen LogP) is 1.50. The van der Waals surface area contributed by atoms with Gasteiger partial charge in [0.15, 0.2) is 0 Å². The summed E-state index contributed by atoms with van der Waals surface area (Å²) < 4.78 is 14.9. The molecule has 0 fully saturated rings. The van der Waals surface area contributed by atoms with E-state index in [9.17, 15) is 4.39 Å². The summed E-state index contributed by atoms with van der Waals surface area (Å²) >= 11 is 0. The Morgan fingerprint density at radius 1 is 1.41 bits per heavy atom. The average Bonchev–Trinajstić information content (AvgIpc) is 2.83. The average molecular weight is 235 g/mol. The molecule has 0 radical (unpaired) electrons. The molecule has 2 rings (SSSR count). The van der Waals surface area contributed by atoms with E-state index in [1.807, 2.05) is 0 Å². The van der Waals surface area contributed by atoms with Gasteiger partial charge in [0.25, 0.3) is 0 Å². The minimum atomic E-state index is -0.397. The Morgan fingerprint density at radius 3 is 3.06 bits per heavy atom. The molecule has 0 saturated carbocycles. The van der Waals surface area contributed by atoms with Crippen molar-refractivity contribution in [2.24, 2.45) is 0 Å². The molecule has 3 N–H and O–H groups in total. The molecule has 1 aromatic heterocycles. The van der Waals surface area contributed by atoms with Crippen LogP contribution in [0.15, 0.2) is 30.6 Å². The number of hydrogen-bond donors (Lipinski definition) is 2. The van der Waals surface area contributed by atoms with E-state index in [4.69, 9.17) is 5.73 Å². The van der Waals surface area contributed by atoms with Crippen LogP contribution >= 0.6 is 0 Å². The van der Waals surface area contributed by atoms with Crippen molar-refractivity contribution in [2.75, 3.05) is 17.6 Å². The number of para-hydroxylation sites is 1. The van der Waals surface area contributed by atoms with Gasteiger partial charge in [-0.25, -0.2) is 4.39 Å². The molecule has 0 spiro atoms. The monoisotopic (exact) mass is 235 g/mol. The number of anilines is 2. The van der Waals surface area contributed by atoms with Crippen molar-refractivity contribution in [2.45, 2.75) is 13.0 Å². The van der Waals surface area contributed by atoms with E-state index in [-0.39, 0.29) is 5.69 Å². The van der Waals surface area contributed by atoms with Crippen molar-refractivity contribution in [3.8, 4) is 0 Å². The summed E-state index contributed by atoms with van der Waals surface area (Å²) in [6, 6.07) is 4.73. The number of aromatic nitrogens is 3. The third-order valence-electron chi connectivity index (χ3n) is 2.40. The van der Waals surface area contributed by atoms with Crippen molar-refractivity contribution in [1.29, 1.82) is 0 Å². The number of benzene rings is 1. The number of nitrogens with one attached hydrogen (secondary N) is 1. The van der Waals surface area contributed by atoms with Crippen molar-refractivity contribution in [1.82, 2.24) is 15.0 Å². The highest BCUT2D eigenvalue weighted by molar-refractivity contribution is 5.66. The molecule has 0 aliphatic rings. The molecule has 0 atom stereocenters. The summed E-state index contributed by atoms with van der Waals surface area (Å²) in [5.74, 6) is -0.397. The fourth-order valence-electron chi connectivity index (χ4n) is 1.51. The van der Waals surface area contributed by atoms with Crippen LogP contribution in [-0.4, -0.2) is 21.5 Å². The van der Waals surface area contributed by atoms with E-state index in [0.717, 1.165) is 13.0 Å². The van der Waals surface area contributed by atoms with Gasteiger partial charge in [0.05, 0.1) is 17.6 Å². The standard InChI is InChI=1S/C11H14FN5/c12-9-3-1-4-10(11(9)13)14-5-2-7-17-8-6-15-16-17/h1,3-4,6,8,14H,2,5,7,13H2.